The first-order valence-corrected chi connectivity index (χ1v) is 19.3. The molecule has 0 spiro atoms. The Morgan fingerprint density at radius 2 is 1.16 bits per heavy atom. The van der Waals surface area contributed by atoms with Gasteiger partial charge in [0.15, 0.2) is 5.60 Å². The minimum atomic E-state index is -1.52. The van der Waals surface area contributed by atoms with Gasteiger partial charge in [0.1, 0.15) is 18.2 Å². The van der Waals surface area contributed by atoms with E-state index in [1.807, 2.05) is 146 Å². The Morgan fingerprint density at radius 1 is 0.649 bits per heavy atom. The van der Waals surface area contributed by atoms with Gasteiger partial charge in [0.25, 0.3) is 0 Å². The number of fused-ring (bicyclic) bond motifs is 3. The maximum absolute atomic E-state index is 14.6. The highest BCUT2D eigenvalue weighted by atomic mass is 35.5. The van der Waals surface area contributed by atoms with Gasteiger partial charge in [0.05, 0.1) is 6.42 Å². The number of likely N-dealkylation sites (N-methyl/N-ethyl adjacent to an activating group) is 1. The van der Waals surface area contributed by atoms with Gasteiger partial charge >= 0.3 is 18.0 Å². The fourth-order valence-electron chi connectivity index (χ4n) is 7.65. The third-order valence-electron chi connectivity index (χ3n) is 10.7. The second kappa shape index (κ2) is 16.5. The summed E-state index contributed by atoms with van der Waals surface area (Å²) in [7, 11) is 1.44. The lowest BCUT2D eigenvalue weighted by molar-refractivity contribution is -0.168. The second-order valence-electron chi connectivity index (χ2n) is 14.8. The van der Waals surface area contributed by atoms with Gasteiger partial charge < -0.3 is 14.2 Å². The van der Waals surface area contributed by atoms with E-state index in [9.17, 15) is 14.4 Å². The van der Waals surface area contributed by atoms with Crippen LogP contribution in [-0.4, -0.2) is 42.6 Å². The van der Waals surface area contributed by atoms with Gasteiger partial charge in [-0.25, -0.2) is 9.59 Å². The molecule has 0 heterocycles. The average Bonchev–Trinajstić information content (AvgIpc) is 3.55. The molecule has 0 fully saturated rings. The Labute approximate surface area is 338 Å². The zero-order valence-electron chi connectivity index (χ0n) is 32.4. The highest BCUT2D eigenvalue weighted by molar-refractivity contribution is 6.31. The van der Waals surface area contributed by atoms with E-state index in [0.717, 1.165) is 38.3 Å². The van der Waals surface area contributed by atoms with Gasteiger partial charge in [0, 0.05) is 34.7 Å². The predicted octanol–water partition coefficient (Wildman–Crippen LogP) is 10.6. The van der Waals surface area contributed by atoms with Crippen molar-refractivity contribution in [3.8, 4) is 11.1 Å². The summed E-state index contributed by atoms with van der Waals surface area (Å²) in [5, 5.41) is 0.381. The van der Waals surface area contributed by atoms with E-state index in [-0.39, 0.29) is 12.5 Å². The molecular weight excluding hydrogens is 734 g/mol. The summed E-state index contributed by atoms with van der Waals surface area (Å²) in [4.78, 5) is 44.2. The first-order valence-electron chi connectivity index (χ1n) is 19.0. The monoisotopic (exact) mass is 777 g/mol. The Morgan fingerprint density at radius 3 is 1.75 bits per heavy atom. The van der Waals surface area contributed by atoms with E-state index in [4.69, 9.17) is 25.8 Å². The van der Waals surface area contributed by atoms with E-state index in [1.54, 1.807) is 19.9 Å². The Hall–Kier alpha value is -6.18. The molecule has 6 aromatic rings. The topological polar surface area (TPSA) is 82.1 Å². The number of carbonyl (C=O) groups excluding carboxylic acids is 3. The number of halogens is 1. The van der Waals surface area contributed by atoms with E-state index < -0.39 is 41.7 Å². The number of benzene rings is 6. The van der Waals surface area contributed by atoms with Gasteiger partial charge in [-0.3, -0.25) is 9.69 Å². The van der Waals surface area contributed by atoms with Crippen molar-refractivity contribution in [3.05, 3.63) is 202 Å². The molecule has 2 atom stereocenters. The molecule has 0 aromatic heterocycles. The Balaban J connectivity index is 1.22. The van der Waals surface area contributed by atoms with Crippen molar-refractivity contribution in [2.75, 3.05) is 13.7 Å². The van der Waals surface area contributed by atoms with Crippen LogP contribution in [0.2, 0.25) is 5.02 Å². The Bertz CT molecular complexity index is 2330. The fraction of sp³-hybridized carbons (Fsp3) is 0.204. The van der Waals surface area contributed by atoms with E-state index in [2.05, 4.69) is 12.1 Å². The molecule has 0 radical (unpaired) electrons. The molecule has 8 heteroatoms. The zero-order valence-corrected chi connectivity index (χ0v) is 33.1. The zero-order chi connectivity index (χ0) is 40.2. The van der Waals surface area contributed by atoms with Crippen LogP contribution in [-0.2, 0) is 35.0 Å². The van der Waals surface area contributed by atoms with E-state index >= 15 is 0 Å². The maximum Gasteiger partial charge on any atom is 0.410 e. The minimum absolute atomic E-state index is 0.0238. The second-order valence-corrected chi connectivity index (χ2v) is 15.2. The van der Waals surface area contributed by atoms with Crippen LogP contribution in [0.1, 0.15) is 65.1 Å². The molecule has 57 heavy (non-hydrogen) atoms. The lowest BCUT2D eigenvalue weighted by atomic mass is 9.79. The molecule has 0 aliphatic heterocycles. The number of hydrogen-bond donors (Lipinski definition) is 0. The molecule has 7 rings (SSSR count). The number of rotatable bonds is 12. The van der Waals surface area contributed by atoms with Crippen LogP contribution < -0.4 is 0 Å². The lowest BCUT2D eigenvalue weighted by Gasteiger charge is -2.37. The summed E-state index contributed by atoms with van der Waals surface area (Å²) >= 11 is 6.92. The summed E-state index contributed by atoms with van der Waals surface area (Å²) in [6.45, 7) is 5.52. The molecule has 1 unspecified atom stereocenters. The molecule has 0 saturated carbocycles. The lowest BCUT2D eigenvalue weighted by Crippen LogP contribution is -2.48. The van der Waals surface area contributed by atoms with Crippen LogP contribution >= 0.6 is 11.6 Å². The molecule has 0 bridgehead atoms. The normalized spacial score (nSPS) is 13.7. The van der Waals surface area contributed by atoms with Crippen LogP contribution in [0.5, 0.6) is 0 Å². The highest BCUT2D eigenvalue weighted by Gasteiger charge is 2.44. The van der Waals surface area contributed by atoms with Gasteiger partial charge in [-0.1, -0.05) is 169 Å². The van der Waals surface area contributed by atoms with Crippen molar-refractivity contribution in [1.29, 1.82) is 0 Å². The highest BCUT2D eigenvalue weighted by Crippen LogP contribution is 2.46. The largest absolute Gasteiger partial charge is 0.453 e. The molecule has 6 aromatic carbocycles. The summed E-state index contributed by atoms with van der Waals surface area (Å²) in [5.74, 6) is -1.77. The van der Waals surface area contributed by atoms with Crippen molar-refractivity contribution in [1.82, 2.24) is 4.90 Å². The minimum Gasteiger partial charge on any atom is -0.453 e. The van der Waals surface area contributed by atoms with E-state index in [0.29, 0.717) is 21.7 Å². The standard InChI is InChI=1S/C49H44ClNO6/c1-33-27-29-36(30-28-33)49(35-19-9-6-10-20-35,42-25-15-16-26-43(42)50)56-45(52)31-44(46(53)57-48(2,3)34-17-7-5-8-18-34)51(4)47(54)55-32-41-39-23-13-11-21-37(39)38-22-12-14-24-40(38)41/h5-30,41,44H,31-32H2,1-4H3/t44-,49?/m0/s1. The van der Waals surface area contributed by atoms with Crippen molar-refractivity contribution in [3.63, 3.8) is 0 Å². The number of amides is 1. The SMILES string of the molecule is Cc1ccc(C(OC(=O)C[C@@H](C(=O)OC(C)(C)c2ccccc2)N(C)C(=O)OCC2c3ccccc3-c3ccccc32)(c2ccccc2)c2ccccc2Cl)cc1. The van der Waals surface area contributed by atoms with Crippen molar-refractivity contribution >= 4 is 29.6 Å². The number of carbonyl (C=O) groups is 3. The summed E-state index contributed by atoms with van der Waals surface area (Å²) < 4.78 is 18.8. The van der Waals surface area contributed by atoms with Gasteiger partial charge in [-0.05, 0) is 54.7 Å². The van der Waals surface area contributed by atoms with Gasteiger partial charge in [0.2, 0.25) is 0 Å². The third kappa shape index (κ3) is 7.94. The summed E-state index contributed by atoms with van der Waals surface area (Å²) in [6, 6.07) is 48.2. The number of hydrogen-bond acceptors (Lipinski definition) is 6. The fourth-order valence-corrected chi connectivity index (χ4v) is 7.92. The third-order valence-corrected chi connectivity index (χ3v) is 11.0. The summed E-state index contributed by atoms with van der Waals surface area (Å²) in [5.41, 5.74) is 5.22. The van der Waals surface area contributed by atoms with Gasteiger partial charge in [-0.15, -0.1) is 0 Å². The molecule has 0 saturated heterocycles. The number of esters is 2. The quantitative estimate of drug-likeness (QED) is 0.0699. The van der Waals surface area contributed by atoms with Crippen LogP contribution in [0.4, 0.5) is 4.79 Å². The number of aryl methyl sites for hydroxylation is 1. The first kappa shape index (κ1) is 39.1. The van der Waals surface area contributed by atoms with Crippen LogP contribution in [0, 0.1) is 6.92 Å². The average molecular weight is 778 g/mol. The first-order chi connectivity index (χ1) is 27.5. The van der Waals surface area contributed by atoms with Gasteiger partial charge in [-0.2, -0.15) is 0 Å². The molecule has 1 aliphatic carbocycles. The molecular formula is C49H44ClNO6. The number of ether oxygens (including phenoxy) is 3. The van der Waals surface area contributed by atoms with Crippen molar-refractivity contribution in [2.24, 2.45) is 0 Å². The predicted molar refractivity (Wildman–Crippen MR) is 222 cm³/mol. The molecule has 1 amide bonds. The van der Waals surface area contributed by atoms with Crippen LogP contribution in [0.15, 0.2) is 158 Å². The van der Waals surface area contributed by atoms with E-state index in [1.165, 1.54) is 7.05 Å². The van der Waals surface area contributed by atoms with Crippen molar-refractivity contribution < 1.29 is 28.6 Å². The van der Waals surface area contributed by atoms with Crippen LogP contribution in [0.25, 0.3) is 11.1 Å². The maximum atomic E-state index is 14.6. The molecule has 0 N–H and O–H groups in total. The number of nitrogens with zero attached hydrogens (tertiary/aromatic N) is 1. The Kier molecular flexibility index (Phi) is 11.3. The summed E-state index contributed by atoms with van der Waals surface area (Å²) in [6.07, 6.45) is -1.34. The smallest absolute Gasteiger partial charge is 0.410 e. The molecule has 7 nitrogen and oxygen atoms in total. The van der Waals surface area contributed by atoms with Crippen LogP contribution in [0.3, 0.4) is 0 Å². The van der Waals surface area contributed by atoms with Crippen molar-refractivity contribution in [2.45, 2.75) is 50.4 Å². The molecule has 288 valence electrons. The molecule has 1 aliphatic rings.